The molecule has 2 N–H and O–H groups in total. The van der Waals surface area contributed by atoms with Crippen LogP contribution in [0.5, 0.6) is 0 Å². The second-order valence-corrected chi connectivity index (χ2v) is 4.39. The van der Waals surface area contributed by atoms with E-state index in [-0.39, 0.29) is 5.91 Å². The summed E-state index contributed by atoms with van der Waals surface area (Å²) in [4.78, 5) is 14.1. The van der Waals surface area contributed by atoms with E-state index >= 15 is 0 Å². The number of hydrogen-bond donors (Lipinski definition) is 1. The number of carbonyl (C=O) groups is 1. The van der Waals surface area contributed by atoms with Crippen LogP contribution in [0.25, 0.3) is 0 Å². The summed E-state index contributed by atoms with van der Waals surface area (Å²) < 4.78 is 1.55. The summed E-state index contributed by atoms with van der Waals surface area (Å²) in [6.07, 6.45) is 0.710. The van der Waals surface area contributed by atoms with Crippen LogP contribution in [0.1, 0.15) is 23.1 Å². The number of nitrogens with zero attached hydrogens (tertiary/aromatic N) is 3. The van der Waals surface area contributed by atoms with Gasteiger partial charge in [0.1, 0.15) is 5.69 Å². The molecule has 0 atom stereocenters. The zero-order valence-electron chi connectivity index (χ0n) is 11.4. The fraction of sp³-hybridized carbons (Fsp3) is 0.286. The van der Waals surface area contributed by atoms with Crippen LogP contribution < -0.4 is 10.6 Å². The molecule has 0 fully saturated rings. The zero-order valence-corrected chi connectivity index (χ0v) is 11.4. The first-order valence-electron chi connectivity index (χ1n) is 6.20. The third-order valence-corrected chi connectivity index (χ3v) is 3.15. The molecule has 0 aliphatic heterocycles. The van der Waals surface area contributed by atoms with E-state index < -0.39 is 0 Å². The van der Waals surface area contributed by atoms with E-state index in [1.165, 1.54) is 0 Å². The summed E-state index contributed by atoms with van der Waals surface area (Å²) in [5.74, 6) is -0.154. The second-order valence-electron chi connectivity index (χ2n) is 4.39. The number of amides is 1. The number of aryl methyl sites for hydroxylation is 2. The molecule has 1 amide bonds. The van der Waals surface area contributed by atoms with E-state index in [4.69, 9.17) is 5.73 Å². The van der Waals surface area contributed by atoms with E-state index in [0.29, 0.717) is 17.8 Å². The van der Waals surface area contributed by atoms with Crippen LogP contribution in [0.2, 0.25) is 0 Å². The van der Waals surface area contributed by atoms with Gasteiger partial charge in [-0.1, -0.05) is 25.1 Å². The van der Waals surface area contributed by atoms with Crippen LogP contribution in [0.4, 0.5) is 11.4 Å². The van der Waals surface area contributed by atoms with Crippen LogP contribution >= 0.6 is 0 Å². The fourth-order valence-electron chi connectivity index (χ4n) is 2.04. The molecule has 19 heavy (non-hydrogen) atoms. The highest BCUT2D eigenvalue weighted by Crippen LogP contribution is 2.21. The Balaban J connectivity index is 2.37. The Labute approximate surface area is 112 Å². The van der Waals surface area contributed by atoms with Gasteiger partial charge in [-0.15, -0.1) is 0 Å². The van der Waals surface area contributed by atoms with Crippen molar-refractivity contribution in [3.8, 4) is 0 Å². The topological polar surface area (TPSA) is 64.2 Å². The van der Waals surface area contributed by atoms with Gasteiger partial charge >= 0.3 is 0 Å². The third kappa shape index (κ3) is 2.31. The van der Waals surface area contributed by atoms with Crippen molar-refractivity contribution in [2.45, 2.75) is 13.3 Å². The Morgan fingerprint density at radius 1 is 1.37 bits per heavy atom. The van der Waals surface area contributed by atoms with E-state index in [9.17, 15) is 4.79 Å². The van der Waals surface area contributed by atoms with Crippen molar-refractivity contribution in [3.05, 3.63) is 41.7 Å². The third-order valence-electron chi connectivity index (χ3n) is 3.15. The molecule has 5 nitrogen and oxygen atoms in total. The van der Waals surface area contributed by atoms with Gasteiger partial charge in [-0.25, -0.2) is 0 Å². The van der Waals surface area contributed by atoms with Crippen LogP contribution in [0.15, 0.2) is 30.3 Å². The number of benzene rings is 1. The molecule has 0 radical (unpaired) electrons. The van der Waals surface area contributed by atoms with Gasteiger partial charge in [0.05, 0.1) is 11.4 Å². The Bertz CT molecular complexity index is 589. The van der Waals surface area contributed by atoms with Gasteiger partial charge in [0.25, 0.3) is 5.91 Å². The van der Waals surface area contributed by atoms with Crippen LogP contribution in [-0.4, -0.2) is 22.7 Å². The molecule has 0 saturated carbocycles. The molecule has 0 saturated heterocycles. The SMILES string of the molecule is CCc1nn(C)c(C(=O)N(C)c2ccccc2)c1N. The molecule has 1 aromatic heterocycles. The maximum atomic E-state index is 12.5. The van der Waals surface area contributed by atoms with Gasteiger partial charge in [-0.3, -0.25) is 9.48 Å². The van der Waals surface area contributed by atoms with Crippen molar-refractivity contribution in [3.63, 3.8) is 0 Å². The van der Waals surface area contributed by atoms with E-state index in [1.54, 1.807) is 23.7 Å². The number of aromatic nitrogens is 2. The highest BCUT2D eigenvalue weighted by atomic mass is 16.2. The maximum absolute atomic E-state index is 12.5. The summed E-state index contributed by atoms with van der Waals surface area (Å²) in [6, 6.07) is 9.46. The van der Waals surface area contributed by atoms with Gasteiger partial charge in [-0.2, -0.15) is 5.10 Å². The van der Waals surface area contributed by atoms with Gasteiger partial charge in [0.2, 0.25) is 0 Å². The van der Waals surface area contributed by atoms with E-state index in [2.05, 4.69) is 5.10 Å². The average Bonchev–Trinajstić information content (AvgIpc) is 2.72. The van der Waals surface area contributed by atoms with Gasteiger partial charge < -0.3 is 10.6 Å². The normalized spacial score (nSPS) is 10.5. The van der Waals surface area contributed by atoms with Crippen LogP contribution in [0.3, 0.4) is 0 Å². The predicted octanol–water partition coefficient (Wildman–Crippen LogP) is 1.84. The minimum atomic E-state index is -0.154. The van der Waals surface area contributed by atoms with Crippen molar-refractivity contribution in [2.24, 2.45) is 7.05 Å². The maximum Gasteiger partial charge on any atom is 0.278 e. The number of carbonyl (C=O) groups excluding carboxylic acids is 1. The van der Waals surface area contributed by atoms with Crippen molar-refractivity contribution >= 4 is 17.3 Å². The summed E-state index contributed by atoms with van der Waals surface area (Å²) in [7, 11) is 3.47. The highest BCUT2D eigenvalue weighted by molar-refractivity contribution is 6.08. The first kappa shape index (κ1) is 13.1. The molecular formula is C14H18N4O. The zero-order chi connectivity index (χ0) is 14.0. The highest BCUT2D eigenvalue weighted by Gasteiger charge is 2.22. The number of hydrogen-bond acceptors (Lipinski definition) is 3. The Kier molecular flexibility index (Phi) is 3.55. The summed E-state index contributed by atoms with van der Waals surface area (Å²) in [5, 5.41) is 4.27. The van der Waals surface area contributed by atoms with E-state index in [0.717, 1.165) is 11.4 Å². The number of para-hydroxylation sites is 1. The minimum absolute atomic E-state index is 0.154. The molecule has 0 spiro atoms. The van der Waals surface area contributed by atoms with Gasteiger partial charge in [0.15, 0.2) is 0 Å². The van der Waals surface area contributed by atoms with Crippen molar-refractivity contribution in [2.75, 3.05) is 17.7 Å². The lowest BCUT2D eigenvalue weighted by Gasteiger charge is -2.17. The van der Waals surface area contributed by atoms with Gasteiger partial charge in [0, 0.05) is 19.8 Å². The lowest BCUT2D eigenvalue weighted by Crippen LogP contribution is -2.28. The Morgan fingerprint density at radius 2 is 2.00 bits per heavy atom. The predicted molar refractivity (Wildman–Crippen MR) is 76.2 cm³/mol. The molecule has 0 bridgehead atoms. The molecule has 0 aliphatic carbocycles. The molecule has 1 aromatic carbocycles. The second kappa shape index (κ2) is 5.14. The molecule has 5 heteroatoms. The minimum Gasteiger partial charge on any atom is -0.395 e. The number of nitrogens with two attached hydrogens (primary N) is 1. The standard InChI is InChI=1S/C14H18N4O/c1-4-11-12(15)13(18(3)16-11)14(19)17(2)10-8-6-5-7-9-10/h5-9H,4,15H2,1-3H3. The molecular weight excluding hydrogens is 240 g/mol. The Morgan fingerprint density at radius 3 is 2.53 bits per heavy atom. The molecule has 2 rings (SSSR count). The molecule has 0 aliphatic rings. The lowest BCUT2D eigenvalue weighted by molar-refractivity contribution is 0.0985. The van der Waals surface area contributed by atoms with Crippen molar-refractivity contribution in [1.82, 2.24) is 9.78 Å². The number of rotatable bonds is 3. The molecule has 0 unspecified atom stereocenters. The number of anilines is 2. The lowest BCUT2D eigenvalue weighted by atomic mass is 10.2. The molecule has 1 heterocycles. The first-order chi connectivity index (χ1) is 9.06. The van der Waals surface area contributed by atoms with Crippen LogP contribution in [-0.2, 0) is 13.5 Å². The first-order valence-corrected chi connectivity index (χ1v) is 6.20. The summed E-state index contributed by atoms with van der Waals surface area (Å²) >= 11 is 0. The van der Waals surface area contributed by atoms with Crippen molar-refractivity contribution in [1.29, 1.82) is 0 Å². The Hall–Kier alpha value is -2.30. The number of nitrogen functional groups attached to an aromatic ring is 1. The summed E-state index contributed by atoms with van der Waals surface area (Å²) in [6.45, 7) is 1.97. The largest absolute Gasteiger partial charge is 0.395 e. The fourth-order valence-corrected chi connectivity index (χ4v) is 2.04. The van der Waals surface area contributed by atoms with E-state index in [1.807, 2.05) is 37.3 Å². The summed E-state index contributed by atoms with van der Waals surface area (Å²) in [5.41, 5.74) is 8.49. The van der Waals surface area contributed by atoms with Crippen molar-refractivity contribution < 1.29 is 4.79 Å². The average molecular weight is 258 g/mol. The van der Waals surface area contributed by atoms with Crippen LogP contribution in [0, 0.1) is 0 Å². The molecule has 2 aromatic rings. The smallest absolute Gasteiger partial charge is 0.278 e. The molecule has 100 valence electrons. The monoisotopic (exact) mass is 258 g/mol. The quantitative estimate of drug-likeness (QED) is 0.913. The van der Waals surface area contributed by atoms with Gasteiger partial charge in [-0.05, 0) is 18.6 Å².